The maximum atomic E-state index is 9.60. The molecular weight excluding hydrogens is 273 g/mol. The van der Waals surface area contributed by atoms with Crippen LogP contribution in [0.4, 0.5) is 0 Å². The maximum absolute atomic E-state index is 9.60. The van der Waals surface area contributed by atoms with E-state index < -0.39 is 6.10 Å². The van der Waals surface area contributed by atoms with E-state index >= 15 is 0 Å². The summed E-state index contributed by atoms with van der Waals surface area (Å²) in [5.74, 6) is 0. The zero-order valence-electron chi connectivity index (χ0n) is 10.6. The largest absolute Gasteiger partial charge is 0.389 e. The van der Waals surface area contributed by atoms with Gasteiger partial charge in [-0.3, -0.25) is 0 Å². The molecule has 2 unspecified atom stereocenters. The summed E-state index contributed by atoms with van der Waals surface area (Å²) >= 11 is 11.9. The summed E-state index contributed by atoms with van der Waals surface area (Å²) in [6.07, 6.45) is 0.393. The molecule has 0 radical (unpaired) electrons. The van der Waals surface area contributed by atoms with Gasteiger partial charge in [-0.05, 0) is 24.1 Å². The molecule has 2 N–H and O–H groups in total. The highest BCUT2D eigenvalue weighted by Crippen LogP contribution is 2.26. The highest BCUT2D eigenvalue weighted by atomic mass is 35.5. The van der Waals surface area contributed by atoms with Gasteiger partial charge in [-0.2, -0.15) is 0 Å². The van der Waals surface area contributed by atoms with Crippen LogP contribution >= 0.6 is 23.2 Å². The van der Waals surface area contributed by atoms with E-state index in [-0.39, 0.29) is 6.04 Å². The molecule has 0 bridgehead atoms. The van der Waals surface area contributed by atoms with Crippen molar-refractivity contribution in [1.29, 1.82) is 0 Å². The van der Waals surface area contributed by atoms with Gasteiger partial charge in [0.05, 0.1) is 22.8 Å². The molecule has 0 saturated carbocycles. The minimum atomic E-state index is -0.508. The van der Waals surface area contributed by atoms with Gasteiger partial charge in [0.15, 0.2) is 0 Å². The Morgan fingerprint density at radius 1 is 1.33 bits per heavy atom. The monoisotopic (exact) mass is 291 g/mol. The fourth-order valence-electron chi connectivity index (χ4n) is 1.76. The van der Waals surface area contributed by atoms with Crippen molar-refractivity contribution in [3.63, 3.8) is 0 Å². The van der Waals surface area contributed by atoms with Crippen molar-refractivity contribution in [1.82, 2.24) is 5.32 Å². The fraction of sp³-hybridized carbons (Fsp3) is 0.538. The number of rotatable bonds is 7. The average Bonchev–Trinajstić information content (AvgIpc) is 2.34. The molecule has 0 saturated heterocycles. The molecule has 0 amide bonds. The summed E-state index contributed by atoms with van der Waals surface area (Å²) in [7, 11) is 1.57. The van der Waals surface area contributed by atoms with Gasteiger partial charge in [-0.25, -0.2) is 0 Å². The second kappa shape index (κ2) is 7.97. The van der Waals surface area contributed by atoms with E-state index in [4.69, 9.17) is 27.9 Å². The van der Waals surface area contributed by atoms with E-state index in [0.29, 0.717) is 23.2 Å². The minimum absolute atomic E-state index is 0.145. The number of benzene rings is 1. The summed E-state index contributed by atoms with van der Waals surface area (Å²) in [6, 6.07) is 5.73. The SMILES string of the molecule is CCC(NCC(O)COC)c1ccc(Cl)c(Cl)c1. The summed E-state index contributed by atoms with van der Waals surface area (Å²) in [5.41, 5.74) is 1.07. The predicted molar refractivity (Wildman–Crippen MR) is 75.4 cm³/mol. The summed E-state index contributed by atoms with van der Waals surface area (Å²) < 4.78 is 4.88. The highest BCUT2D eigenvalue weighted by molar-refractivity contribution is 6.42. The van der Waals surface area contributed by atoms with Crippen LogP contribution in [0.2, 0.25) is 10.0 Å². The molecule has 5 heteroatoms. The Kier molecular flexibility index (Phi) is 6.97. The lowest BCUT2D eigenvalue weighted by atomic mass is 10.0. The van der Waals surface area contributed by atoms with Crippen molar-refractivity contribution in [2.75, 3.05) is 20.3 Å². The summed E-state index contributed by atoms with van der Waals surface area (Å²) in [5, 5.41) is 14.0. The van der Waals surface area contributed by atoms with Crippen LogP contribution in [0.15, 0.2) is 18.2 Å². The maximum Gasteiger partial charge on any atom is 0.0897 e. The van der Waals surface area contributed by atoms with Crippen molar-refractivity contribution in [3.8, 4) is 0 Å². The quantitative estimate of drug-likeness (QED) is 0.811. The highest BCUT2D eigenvalue weighted by Gasteiger charge is 2.12. The van der Waals surface area contributed by atoms with Gasteiger partial charge in [0.2, 0.25) is 0 Å². The van der Waals surface area contributed by atoms with Gasteiger partial charge >= 0.3 is 0 Å². The first kappa shape index (κ1) is 15.7. The topological polar surface area (TPSA) is 41.5 Å². The molecule has 1 rings (SSSR count). The number of methoxy groups -OCH3 is 1. The Morgan fingerprint density at radius 3 is 2.61 bits per heavy atom. The minimum Gasteiger partial charge on any atom is -0.389 e. The molecule has 0 aliphatic heterocycles. The second-order valence-corrected chi connectivity index (χ2v) is 4.97. The van der Waals surface area contributed by atoms with Crippen molar-refractivity contribution < 1.29 is 9.84 Å². The lowest BCUT2D eigenvalue weighted by molar-refractivity contribution is 0.0626. The number of nitrogens with one attached hydrogen (secondary N) is 1. The number of hydrogen-bond acceptors (Lipinski definition) is 3. The first-order chi connectivity index (χ1) is 8.58. The molecule has 0 spiro atoms. The molecular formula is C13H19Cl2NO2. The van der Waals surface area contributed by atoms with Gasteiger partial charge < -0.3 is 15.2 Å². The van der Waals surface area contributed by atoms with E-state index in [1.165, 1.54) is 0 Å². The molecule has 0 fully saturated rings. The normalized spacial score (nSPS) is 14.5. The average molecular weight is 292 g/mol. The Hall–Kier alpha value is -0.320. The van der Waals surface area contributed by atoms with Gasteiger partial charge in [-0.15, -0.1) is 0 Å². The summed E-state index contributed by atoms with van der Waals surface area (Å²) in [6.45, 7) is 2.88. The number of aliphatic hydroxyl groups is 1. The van der Waals surface area contributed by atoms with Crippen LogP contribution in [0.3, 0.4) is 0 Å². The van der Waals surface area contributed by atoms with Crippen molar-refractivity contribution in [2.45, 2.75) is 25.5 Å². The molecule has 2 atom stereocenters. The van der Waals surface area contributed by atoms with Crippen LogP contribution < -0.4 is 5.32 Å². The van der Waals surface area contributed by atoms with Crippen LogP contribution in [0, 0.1) is 0 Å². The molecule has 3 nitrogen and oxygen atoms in total. The van der Waals surface area contributed by atoms with E-state index in [9.17, 15) is 5.11 Å². The standard InChI is InChI=1S/C13H19Cl2NO2/c1-3-13(16-7-10(17)8-18-2)9-4-5-11(14)12(15)6-9/h4-6,10,13,16-17H,3,7-8H2,1-2H3. The van der Waals surface area contributed by atoms with E-state index in [0.717, 1.165) is 12.0 Å². The molecule has 0 heterocycles. The molecule has 0 aliphatic carbocycles. The predicted octanol–water partition coefficient (Wildman–Crippen LogP) is 3.04. The Morgan fingerprint density at radius 2 is 2.06 bits per heavy atom. The third-order valence-corrected chi connectivity index (χ3v) is 3.45. The summed E-state index contributed by atoms with van der Waals surface area (Å²) in [4.78, 5) is 0. The Balaban J connectivity index is 2.62. The number of halogens is 2. The lowest BCUT2D eigenvalue weighted by Gasteiger charge is -2.20. The Labute approximate surface area is 118 Å². The van der Waals surface area contributed by atoms with Crippen molar-refractivity contribution in [2.24, 2.45) is 0 Å². The fourth-order valence-corrected chi connectivity index (χ4v) is 2.06. The molecule has 18 heavy (non-hydrogen) atoms. The van der Waals surface area contributed by atoms with Crippen LogP contribution in [0.1, 0.15) is 24.9 Å². The third kappa shape index (κ3) is 4.75. The van der Waals surface area contributed by atoms with E-state index in [1.54, 1.807) is 13.2 Å². The van der Waals surface area contributed by atoms with Crippen LogP contribution in [0.25, 0.3) is 0 Å². The van der Waals surface area contributed by atoms with Crippen LogP contribution in [-0.2, 0) is 4.74 Å². The van der Waals surface area contributed by atoms with Gasteiger partial charge in [0.25, 0.3) is 0 Å². The lowest BCUT2D eigenvalue weighted by Crippen LogP contribution is -2.32. The number of aliphatic hydroxyl groups excluding tert-OH is 1. The number of ether oxygens (including phenoxy) is 1. The molecule has 102 valence electrons. The second-order valence-electron chi connectivity index (χ2n) is 4.15. The van der Waals surface area contributed by atoms with E-state index in [1.807, 2.05) is 12.1 Å². The van der Waals surface area contributed by atoms with E-state index in [2.05, 4.69) is 12.2 Å². The van der Waals surface area contributed by atoms with Crippen LogP contribution in [0.5, 0.6) is 0 Å². The third-order valence-electron chi connectivity index (χ3n) is 2.71. The molecule has 0 aliphatic rings. The zero-order valence-corrected chi connectivity index (χ0v) is 12.1. The Bertz CT molecular complexity index is 374. The van der Waals surface area contributed by atoms with Crippen LogP contribution in [-0.4, -0.2) is 31.5 Å². The smallest absolute Gasteiger partial charge is 0.0897 e. The van der Waals surface area contributed by atoms with Crippen molar-refractivity contribution in [3.05, 3.63) is 33.8 Å². The molecule has 0 aromatic heterocycles. The van der Waals surface area contributed by atoms with Crippen molar-refractivity contribution >= 4 is 23.2 Å². The first-order valence-corrected chi connectivity index (χ1v) is 6.69. The van der Waals surface area contributed by atoms with Gasteiger partial charge in [-0.1, -0.05) is 36.2 Å². The van der Waals surface area contributed by atoms with Gasteiger partial charge in [0.1, 0.15) is 0 Å². The van der Waals surface area contributed by atoms with Gasteiger partial charge in [0, 0.05) is 19.7 Å². The molecule has 1 aromatic rings. The zero-order chi connectivity index (χ0) is 13.5. The number of hydrogen-bond donors (Lipinski definition) is 2. The first-order valence-electron chi connectivity index (χ1n) is 5.93. The molecule has 1 aromatic carbocycles.